The fourth-order valence-electron chi connectivity index (χ4n) is 2.81. The van der Waals surface area contributed by atoms with Gasteiger partial charge in [-0.1, -0.05) is 0 Å². The number of carbonyl (C=O) groups is 2. The van der Waals surface area contributed by atoms with E-state index in [1.807, 2.05) is 0 Å². The van der Waals surface area contributed by atoms with Crippen molar-refractivity contribution in [3.63, 3.8) is 0 Å². The molecule has 0 bridgehead atoms. The van der Waals surface area contributed by atoms with Crippen LogP contribution < -0.4 is 9.47 Å². The summed E-state index contributed by atoms with van der Waals surface area (Å²) in [5.41, 5.74) is 0.467. The average Bonchev–Trinajstić information content (AvgIpc) is 3.14. The Morgan fingerprint density at radius 1 is 1.23 bits per heavy atom. The summed E-state index contributed by atoms with van der Waals surface area (Å²) >= 11 is 0. The van der Waals surface area contributed by atoms with E-state index in [1.54, 1.807) is 32.2 Å². The van der Waals surface area contributed by atoms with Crippen molar-refractivity contribution in [1.82, 2.24) is 9.80 Å². The molecule has 1 aromatic rings. The van der Waals surface area contributed by atoms with Crippen molar-refractivity contribution >= 4 is 11.9 Å². The minimum atomic E-state index is -0.647. The van der Waals surface area contributed by atoms with E-state index in [0.29, 0.717) is 36.8 Å². The Morgan fingerprint density at radius 2 is 1.96 bits per heavy atom. The molecule has 8 nitrogen and oxygen atoms in total. The second-order valence-corrected chi connectivity index (χ2v) is 6.29. The largest absolute Gasteiger partial charge is 0.454 e. The highest BCUT2D eigenvalue weighted by Gasteiger charge is 2.26. The number of hydrogen-bond donors (Lipinski definition) is 0. The highest BCUT2D eigenvalue weighted by molar-refractivity contribution is 6.01. The van der Waals surface area contributed by atoms with E-state index in [2.05, 4.69) is 4.90 Å². The zero-order valence-corrected chi connectivity index (χ0v) is 15.1. The van der Waals surface area contributed by atoms with Crippen LogP contribution in [0.2, 0.25) is 0 Å². The molecular weight excluding hydrogens is 340 g/mol. The summed E-state index contributed by atoms with van der Waals surface area (Å²) in [6.45, 7) is 5.86. The lowest BCUT2D eigenvalue weighted by molar-refractivity contribution is 0.0244. The summed E-state index contributed by atoms with van der Waals surface area (Å²) < 4.78 is 21.1. The molecule has 1 amide bonds. The van der Waals surface area contributed by atoms with Crippen molar-refractivity contribution in [3.05, 3.63) is 23.8 Å². The normalized spacial score (nSPS) is 17.6. The van der Waals surface area contributed by atoms with E-state index < -0.39 is 12.1 Å². The molecule has 0 aromatic heterocycles. The molecule has 0 saturated carbocycles. The van der Waals surface area contributed by atoms with Crippen LogP contribution in [0.4, 0.5) is 4.79 Å². The van der Waals surface area contributed by atoms with Gasteiger partial charge in [0.25, 0.3) is 0 Å². The summed E-state index contributed by atoms with van der Waals surface area (Å²) in [6, 6.07) is 4.36. The maximum absolute atomic E-state index is 12.6. The number of fused-ring (bicyclic) bond motifs is 1. The number of likely N-dealkylation sites (N-methyl/N-ethyl adjacent to an activating group) is 1. The first-order valence-corrected chi connectivity index (χ1v) is 8.70. The van der Waals surface area contributed by atoms with Crippen LogP contribution in [-0.2, 0) is 9.47 Å². The lowest BCUT2D eigenvalue weighted by atomic mass is 10.0. The molecule has 8 heteroatoms. The summed E-state index contributed by atoms with van der Waals surface area (Å²) in [5, 5.41) is 0. The first-order chi connectivity index (χ1) is 12.6. The highest BCUT2D eigenvalue weighted by atomic mass is 16.7. The van der Waals surface area contributed by atoms with Crippen molar-refractivity contribution in [1.29, 1.82) is 0 Å². The topological polar surface area (TPSA) is 77.5 Å². The van der Waals surface area contributed by atoms with Crippen LogP contribution in [0.15, 0.2) is 18.2 Å². The molecule has 2 heterocycles. The fourth-order valence-corrected chi connectivity index (χ4v) is 2.81. The second kappa shape index (κ2) is 8.37. The molecule has 2 aliphatic heterocycles. The molecule has 1 saturated heterocycles. The minimum Gasteiger partial charge on any atom is -0.454 e. The standard InChI is InChI=1S/C18H24N2O6/c1-13(17(21)14-3-4-15-16(11-14)26-12-25-15)19(2)18(22)24-10-7-20-5-8-23-9-6-20/h3-4,11,13H,5-10,12H2,1-2H3. The number of Topliss-reactive ketones (excluding diaryl/α,β-unsaturated/α-hetero) is 1. The summed E-state index contributed by atoms with van der Waals surface area (Å²) in [6.07, 6.45) is -0.514. The Bertz CT molecular complexity index is 659. The van der Waals surface area contributed by atoms with Crippen LogP contribution in [0, 0.1) is 0 Å². The number of benzene rings is 1. The smallest absolute Gasteiger partial charge is 0.410 e. The SMILES string of the molecule is CC(C(=O)c1ccc2c(c1)OCO2)N(C)C(=O)OCCN1CCOCC1. The van der Waals surface area contributed by atoms with E-state index in [9.17, 15) is 9.59 Å². The third kappa shape index (κ3) is 4.25. The first-order valence-electron chi connectivity index (χ1n) is 8.70. The van der Waals surface area contributed by atoms with Crippen molar-refractivity contribution in [2.24, 2.45) is 0 Å². The van der Waals surface area contributed by atoms with Gasteiger partial charge in [-0.15, -0.1) is 0 Å². The molecule has 0 spiro atoms. The Labute approximate surface area is 152 Å². The van der Waals surface area contributed by atoms with Gasteiger partial charge in [-0.05, 0) is 25.1 Å². The average molecular weight is 364 g/mol. The molecule has 1 fully saturated rings. The van der Waals surface area contributed by atoms with Gasteiger partial charge in [0.05, 0.1) is 19.3 Å². The summed E-state index contributed by atoms with van der Waals surface area (Å²) in [4.78, 5) is 28.3. The van der Waals surface area contributed by atoms with Gasteiger partial charge in [-0.3, -0.25) is 9.69 Å². The molecular formula is C18H24N2O6. The number of hydrogen-bond acceptors (Lipinski definition) is 7. The number of carbonyl (C=O) groups excluding carboxylic acids is 2. The Balaban J connectivity index is 1.50. The van der Waals surface area contributed by atoms with Crippen molar-refractivity contribution in [2.75, 3.05) is 53.3 Å². The molecule has 142 valence electrons. The third-order valence-electron chi connectivity index (χ3n) is 4.64. The number of ketones is 1. The van der Waals surface area contributed by atoms with Crippen molar-refractivity contribution < 1.29 is 28.5 Å². The summed E-state index contributed by atoms with van der Waals surface area (Å²) in [5.74, 6) is 0.972. The van der Waals surface area contributed by atoms with Crippen LogP contribution in [-0.4, -0.2) is 81.0 Å². The molecule has 2 aliphatic rings. The number of rotatable bonds is 6. The van der Waals surface area contributed by atoms with Crippen LogP contribution in [0.25, 0.3) is 0 Å². The van der Waals surface area contributed by atoms with Gasteiger partial charge in [0.1, 0.15) is 6.61 Å². The molecule has 26 heavy (non-hydrogen) atoms. The van der Waals surface area contributed by atoms with Gasteiger partial charge < -0.3 is 23.8 Å². The fraction of sp³-hybridized carbons (Fsp3) is 0.556. The van der Waals surface area contributed by atoms with Gasteiger partial charge in [-0.25, -0.2) is 4.79 Å². The van der Waals surface area contributed by atoms with Gasteiger partial charge in [-0.2, -0.15) is 0 Å². The first kappa shape index (κ1) is 18.5. The predicted molar refractivity (Wildman–Crippen MR) is 92.7 cm³/mol. The maximum atomic E-state index is 12.6. The summed E-state index contributed by atoms with van der Waals surface area (Å²) in [7, 11) is 1.56. The monoisotopic (exact) mass is 364 g/mol. The highest BCUT2D eigenvalue weighted by Crippen LogP contribution is 2.32. The Hall–Kier alpha value is -2.32. The molecule has 0 radical (unpaired) electrons. The van der Waals surface area contributed by atoms with Crippen molar-refractivity contribution in [2.45, 2.75) is 13.0 Å². The van der Waals surface area contributed by atoms with E-state index in [1.165, 1.54) is 4.90 Å². The Morgan fingerprint density at radius 3 is 2.73 bits per heavy atom. The van der Waals surface area contributed by atoms with Crippen LogP contribution in [0.5, 0.6) is 11.5 Å². The van der Waals surface area contributed by atoms with E-state index >= 15 is 0 Å². The zero-order chi connectivity index (χ0) is 18.5. The van der Waals surface area contributed by atoms with Gasteiger partial charge in [0, 0.05) is 32.2 Å². The third-order valence-corrected chi connectivity index (χ3v) is 4.64. The van der Waals surface area contributed by atoms with Crippen LogP contribution >= 0.6 is 0 Å². The molecule has 1 atom stereocenters. The quantitative estimate of drug-likeness (QED) is 0.706. The molecule has 1 unspecified atom stereocenters. The van der Waals surface area contributed by atoms with Gasteiger partial charge in [0.2, 0.25) is 6.79 Å². The van der Waals surface area contributed by atoms with E-state index in [-0.39, 0.29) is 19.2 Å². The maximum Gasteiger partial charge on any atom is 0.410 e. The second-order valence-electron chi connectivity index (χ2n) is 6.29. The van der Waals surface area contributed by atoms with Gasteiger partial charge >= 0.3 is 6.09 Å². The number of morpholine rings is 1. The molecule has 0 aliphatic carbocycles. The molecule has 3 rings (SSSR count). The number of amides is 1. The van der Waals surface area contributed by atoms with Crippen LogP contribution in [0.1, 0.15) is 17.3 Å². The lowest BCUT2D eigenvalue weighted by Crippen LogP contribution is -2.42. The minimum absolute atomic E-state index is 0.151. The van der Waals surface area contributed by atoms with Gasteiger partial charge in [0.15, 0.2) is 17.3 Å². The lowest BCUT2D eigenvalue weighted by Gasteiger charge is -2.27. The van der Waals surface area contributed by atoms with Crippen LogP contribution in [0.3, 0.4) is 0 Å². The number of nitrogens with zero attached hydrogens (tertiary/aromatic N) is 2. The number of ether oxygens (including phenoxy) is 4. The van der Waals surface area contributed by atoms with Crippen molar-refractivity contribution in [3.8, 4) is 11.5 Å². The molecule has 1 aromatic carbocycles. The zero-order valence-electron chi connectivity index (χ0n) is 15.1. The van der Waals surface area contributed by atoms with E-state index in [4.69, 9.17) is 18.9 Å². The predicted octanol–water partition coefficient (Wildman–Crippen LogP) is 1.39. The van der Waals surface area contributed by atoms with E-state index in [0.717, 1.165) is 13.1 Å². The Kier molecular flexibility index (Phi) is 5.95. The molecule has 0 N–H and O–H groups in total.